The molecule has 0 atom stereocenters. The molecule has 29 heavy (non-hydrogen) atoms. The van der Waals surface area contributed by atoms with Gasteiger partial charge in [0.1, 0.15) is 5.75 Å². The third-order valence-electron chi connectivity index (χ3n) is 4.52. The molecular weight excluding hydrogens is 364 g/mol. The Morgan fingerprint density at radius 2 is 1.55 bits per heavy atom. The van der Waals surface area contributed by atoms with E-state index in [0.29, 0.717) is 18.9 Å². The van der Waals surface area contributed by atoms with Crippen LogP contribution in [0.25, 0.3) is 0 Å². The average Bonchev–Trinajstić information content (AvgIpc) is 2.74. The van der Waals surface area contributed by atoms with Gasteiger partial charge in [0.25, 0.3) is 0 Å². The highest BCUT2D eigenvalue weighted by molar-refractivity contribution is 5.82. The number of para-hydroxylation sites is 3. The van der Waals surface area contributed by atoms with E-state index in [4.69, 9.17) is 9.47 Å². The molecule has 3 rings (SSSR count). The molecule has 1 amide bonds. The number of hydrogen-bond acceptors (Lipinski definition) is 4. The van der Waals surface area contributed by atoms with Gasteiger partial charge in [-0.25, -0.2) is 0 Å². The molecule has 0 spiro atoms. The minimum atomic E-state index is -0.0609. The number of nitrogens with one attached hydrogen (secondary N) is 1. The van der Waals surface area contributed by atoms with Gasteiger partial charge in [-0.3, -0.25) is 4.79 Å². The number of rotatable bonds is 9. The Balaban J connectivity index is 1.62. The molecule has 5 heteroatoms. The van der Waals surface area contributed by atoms with Crippen LogP contribution in [0, 0.1) is 0 Å². The van der Waals surface area contributed by atoms with Crippen molar-refractivity contribution < 1.29 is 14.3 Å². The van der Waals surface area contributed by atoms with Gasteiger partial charge in [-0.05, 0) is 35.4 Å². The fourth-order valence-corrected chi connectivity index (χ4v) is 3.05. The van der Waals surface area contributed by atoms with Crippen molar-refractivity contribution >= 4 is 11.6 Å². The van der Waals surface area contributed by atoms with Gasteiger partial charge in [0.2, 0.25) is 5.91 Å². The zero-order valence-corrected chi connectivity index (χ0v) is 16.8. The van der Waals surface area contributed by atoms with E-state index in [-0.39, 0.29) is 12.5 Å². The first kappa shape index (κ1) is 20.4. The minimum Gasteiger partial charge on any atom is -0.455 e. The lowest BCUT2D eigenvalue weighted by Crippen LogP contribution is -2.35. The number of ether oxygens (including phenoxy) is 2. The maximum atomic E-state index is 12.5. The van der Waals surface area contributed by atoms with Crippen molar-refractivity contribution in [1.82, 2.24) is 5.32 Å². The van der Waals surface area contributed by atoms with Gasteiger partial charge in [0.05, 0.1) is 18.8 Å². The van der Waals surface area contributed by atoms with Crippen LogP contribution in [0.1, 0.15) is 11.1 Å². The molecule has 0 bridgehead atoms. The molecule has 0 unspecified atom stereocenters. The Hall–Kier alpha value is -3.31. The number of carbonyl (C=O) groups is 1. The van der Waals surface area contributed by atoms with Crippen molar-refractivity contribution in [3.8, 4) is 11.5 Å². The van der Waals surface area contributed by atoms with E-state index in [1.807, 2.05) is 90.8 Å². The van der Waals surface area contributed by atoms with Crippen LogP contribution in [0.3, 0.4) is 0 Å². The molecule has 150 valence electrons. The molecule has 1 N–H and O–H groups in total. The summed E-state index contributed by atoms with van der Waals surface area (Å²) in [5.41, 5.74) is 2.98. The zero-order chi connectivity index (χ0) is 20.5. The maximum absolute atomic E-state index is 12.5. The molecule has 0 aliphatic carbocycles. The Kier molecular flexibility index (Phi) is 7.25. The van der Waals surface area contributed by atoms with Crippen LogP contribution in [-0.4, -0.2) is 26.6 Å². The van der Waals surface area contributed by atoms with E-state index in [1.54, 1.807) is 7.11 Å². The summed E-state index contributed by atoms with van der Waals surface area (Å²) >= 11 is 0. The van der Waals surface area contributed by atoms with Gasteiger partial charge >= 0.3 is 0 Å². The number of likely N-dealkylation sites (N-methyl/N-ethyl adjacent to an activating group) is 1. The molecule has 0 radical (unpaired) electrons. The molecule has 0 saturated carbocycles. The second-order valence-corrected chi connectivity index (χ2v) is 6.72. The van der Waals surface area contributed by atoms with E-state index in [9.17, 15) is 4.79 Å². The minimum absolute atomic E-state index is 0.0609. The Labute approximate surface area is 171 Å². The van der Waals surface area contributed by atoms with Crippen LogP contribution in [-0.2, 0) is 22.7 Å². The monoisotopic (exact) mass is 390 g/mol. The normalized spacial score (nSPS) is 10.4. The second-order valence-electron chi connectivity index (χ2n) is 6.72. The van der Waals surface area contributed by atoms with Crippen LogP contribution in [0.15, 0.2) is 78.9 Å². The zero-order valence-electron chi connectivity index (χ0n) is 16.8. The second kappa shape index (κ2) is 10.3. The highest BCUT2D eigenvalue weighted by Crippen LogP contribution is 2.31. The lowest BCUT2D eigenvalue weighted by Gasteiger charge is -2.22. The largest absolute Gasteiger partial charge is 0.455 e. The van der Waals surface area contributed by atoms with Crippen LogP contribution < -0.4 is 15.0 Å². The Morgan fingerprint density at radius 3 is 2.31 bits per heavy atom. The number of carbonyl (C=O) groups excluding carboxylic acids is 1. The van der Waals surface area contributed by atoms with Crippen LogP contribution in [0.5, 0.6) is 11.5 Å². The molecule has 0 aromatic heterocycles. The van der Waals surface area contributed by atoms with Gasteiger partial charge in [0, 0.05) is 20.7 Å². The summed E-state index contributed by atoms with van der Waals surface area (Å²) in [6.45, 7) is 1.21. The summed E-state index contributed by atoms with van der Waals surface area (Å²) in [4.78, 5) is 14.4. The highest BCUT2D eigenvalue weighted by Gasteiger charge is 2.13. The van der Waals surface area contributed by atoms with Gasteiger partial charge in [-0.1, -0.05) is 54.6 Å². The summed E-state index contributed by atoms with van der Waals surface area (Å²) in [7, 11) is 3.55. The number of anilines is 1. The molecule has 0 fully saturated rings. The first-order valence-corrected chi connectivity index (χ1v) is 9.53. The van der Waals surface area contributed by atoms with Crippen molar-refractivity contribution in [1.29, 1.82) is 0 Å². The van der Waals surface area contributed by atoms with E-state index in [1.165, 1.54) is 0 Å². The average molecular weight is 390 g/mol. The standard InChI is InChI=1S/C24H26N2O3/c1-26(17-24(27)25-16-19-10-6-7-11-20(19)18-28-2)22-14-8-9-15-23(22)29-21-12-4-3-5-13-21/h3-15H,16-18H2,1-2H3,(H,25,27). The lowest BCUT2D eigenvalue weighted by atomic mass is 10.1. The third-order valence-corrected chi connectivity index (χ3v) is 4.52. The van der Waals surface area contributed by atoms with Crippen LogP contribution in [0.4, 0.5) is 5.69 Å². The topological polar surface area (TPSA) is 50.8 Å². The van der Waals surface area contributed by atoms with E-state index in [0.717, 1.165) is 22.6 Å². The van der Waals surface area contributed by atoms with E-state index < -0.39 is 0 Å². The predicted octanol–water partition coefficient (Wildman–Crippen LogP) is 4.38. The fraction of sp³-hybridized carbons (Fsp3) is 0.208. The number of methoxy groups -OCH3 is 1. The van der Waals surface area contributed by atoms with Crippen LogP contribution in [0.2, 0.25) is 0 Å². The number of benzene rings is 3. The summed E-state index contributed by atoms with van der Waals surface area (Å²) in [6, 6.07) is 25.2. The molecule has 0 aliphatic heterocycles. The van der Waals surface area contributed by atoms with Gasteiger partial charge in [0.15, 0.2) is 5.75 Å². The van der Waals surface area contributed by atoms with Crippen molar-refractivity contribution in [2.45, 2.75) is 13.2 Å². The summed E-state index contributed by atoms with van der Waals surface area (Å²) in [5, 5.41) is 2.99. The van der Waals surface area contributed by atoms with E-state index in [2.05, 4.69) is 5.32 Å². The Bertz CT molecular complexity index is 928. The molecule has 3 aromatic carbocycles. The summed E-state index contributed by atoms with van der Waals surface area (Å²) in [5.74, 6) is 1.40. The van der Waals surface area contributed by atoms with Crippen molar-refractivity contribution in [3.05, 3.63) is 90.0 Å². The number of hydrogen-bond donors (Lipinski definition) is 1. The first-order valence-electron chi connectivity index (χ1n) is 9.53. The van der Waals surface area contributed by atoms with Crippen molar-refractivity contribution in [2.75, 3.05) is 25.6 Å². The smallest absolute Gasteiger partial charge is 0.239 e. The number of amides is 1. The summed E-state index contributed by atoms with van der Waals surface area (Å²) in [6.07, 6.45) is 0. The molecule has 5 nitrogen and oxygen atoms in total. The van der Waals surface area contributed by atoms with Crippen molar-refractivity contribution in [3.63, 3.8) is 0 Å². The molecule has 3 aromatic rings. The van der Waals surface area contributed by atoms with Gasteiger partial charge in [-0.2, -0.15) is 0 Å². The molecule has 0 heterocycles. The molecule has 0 saturated heterocycles. The predicted molar refractivity (Wildman–Crippen MR) is 115 cm³/mol. The highest BCUT2D eigenvalue weighted by atomic mass is 16.5. The van der Waals surface area contributed by atoms with Crippen molar-refractivity contribution in [2.24, 2.45) is 0 Å². The quantitative estimate of drug-likeness (QED) is 0.589. The molecule has 0 aliphatic rings. The van der Waals surface area contributed by atoms with Gasteiger partial charge < -0.3 is 19.7 Å². The number of nitrogens with zero attached hydrogens (tertiary/aromatic N) is 1. The lowest BCUT2D eigenvalue weighted by molar-refractivity contribution is -0.119. The molecular formula is C24H26N2O3. The van der Waals surface area contributed by atoms with Gasteiger partial charge in [-0.15, -0.1) is 0 Å². The van der Waals surface area contributed by atoms with E-state index >= 15 is 0 Å². The Morgan fingerprint density at radius 1 is 0.897 bits per heavy atom. The summed E-state index contributed by atoms with van der Waals surface area (Å²) < 4.78 is 11.2. The SMILES string of the molecule is COCc1ccccc1CNC(=O)CN(C)c1ccccc1Oc1ccccc1. The van der Waals surface area contributed by atoms with Crippen LogP contribution >= 0.6 is 0 Å². The third kappa shape index (κ3) is 5.83. The fourth-order valence-electron chi connectivity index (χ4n) is 3.05. The maximum Gasteiger partial charge on any atom is 0.239 e. The first-order chi connectivity index (χ1) is 14.2.